The van der Waals surface area contributed by atoms with Crippen molar-refractivity contribution in [2.75, 3.05) is 0 Å². The fraction of sp³-hybridized carbons (Fsp3) is 0.471. The summed E-state index contributed by atoms with van der Waals surface area (Å²) in [7, 11) is 0. The van der Waals surface area contributed by atoms with Gasteiger partial charge < -0.3 is 0 Å². The Hall–Kier alpha value is -1.02. The summed E-state index contributed by atoms with van der Waals surface area (Å²) in [4.78, 5) is 13.4. The molecule has 3 atom stereocenters. The van der Waals surface area contributed by atoms with Gasteiger partial charge in [-0.1, -0.05) is 36.8 Å². The van der Waals surface area contributed by atoms with E-state index in [1.807, 2.05) is 18.7 Å². The molecule has 2 heteroatoms. The molecule has 0 N–H and O–H groups in total. The van der Waals surface area contributed by atoms with Crippen LogP contribution >= 0.6 is 11.8 Å². The van der Waals surface area contributed by atoms with E-state index in [0.717, 1.165) is 12.0 Å². The standard InChI is InChI=1S/C17H22OS/c1-11(2)14-9-16(18)13(4)17(10-14)19-15-7-5-12(3)6-8-15/h5-8,13-14,17H,1,9-10H2,2-4H3/t13-,14+,17-/m0/s1. The Morgan fingerprint density at radius 1 is 1.32 bits per heavy atom. The Morgan fingerprint density at radius 3 is 2.53 bits per heavy atom. The number of thioether (sulfide) groups is 1. The van der Waals surface area contributed by atoms with Crippen molar-refractivity contribution in [3.63, 3.8) is 0 Å². The van der Waals surface area contributed by atoms with E-state index in [4.69, 9.17) is 0 Å². The van der Waals surface area contributed by atoms with Gasteiger partial charge >= 0.3 is 0 Å². The summed E-state index contributed by atoms with van der Waals surface area (Å²) in [6.07, 6.45) is 1.75. The number of allylic oxidation sites excluding steroid dienone is 1. The Kier molecular flexibility index (Phi) is 4.51. The molecule has 1 fully saturated rings. The number of benzene rings is 1. The highest BCUT2D eigenvalue weighted by molar-refractivity contribution is 8.00. The first-order valence-corrected chi connectivity index (χ1v) is 7.76. The van der Waals surface area contributed by atoms with E-state index >= 15 is 0 Å². The lowest BCUT2D eigenvalue weighted by molar-refractivity contribution is -0.124. The molecule has 102 valence electrons. The normalized spacial score (nSPS) is 27.3. The number of rotatable bonds is 3. The van der Waals surface area contributed by atoms with Gasteiger partial charge in [0.25, 0.3) is 0 Å². The zero-order valence-electron chi connectivity index (χ0n) is 12.0. The number of Topliss-reactive ketones (excluding diaryl/α,β-unsaturated/α-hetero) is 1. The van der Waals surface area contributed by atoms with Crippen molar-refractivity contribution in [3.05, 3.63) is 42.0 Å². The highest BCUT2D eigenvalue weighted by Gasteiger charge is 2.34. The Morgan fingerprint density at radius 2 is 1.95 bits per heavy atom. The van der Waals surface area contributed by atoms with Gasteiger partial charge in [0.05, 0.1) is 0 Å². The fourth-order valence-corrected chi connectivity index (χ4v) is 3.85. The van der Waals surface area contributed by atoms with Crippen LogP contribution in [0.15, 0.2) is 41.3 Å². The minimum absolute atomic E-state index is 0.155. The summed E-state index contributed by atoms with van der Waals surface area (Å²) in [6, 6.07) is 8.57. The average molecular weight is 274 g/mol. The molecule has 0 bridgehead atoms. The van der Waals surface area contributed by atoms with Crippen molar-refractivity contribution < 1.29 is 4.79 Å². The first-order valence-electron chi connectivity index (χ1n) is 6.89. The molecule has 1 aliphatic carbocycles. The lowest BCUT2D eigenvalue weighted by Crippen LogP contribution is -2.33. The van der Waals surface area contributed by atoms with E-state index in [1.165, 1.54) is 10.5 Å². The minimum Gasteiger partial charge on any atom is -0.299 e. The van der Waals surface area contributed by atoms with Gasteiger partial charge in [-0.05, 0) is 38.3 Å². The second-order valence-electron chi connectivity index (χ2n) is 5.71. The minimum atomic E-state index is 0.155. The molecule has 1 saturated carbocycles. The largest absolute Gasteiger partial charge is 0.299 e. The molecule has 1 aliphatic rings. The van der Waals surface area contributed by atoms with Crippen LogP contribution in [-0.2, 0) is 4.79 Å². The molecule has 1 aromatic rings. The quantitative estimate of drug-likeness (QED) is 0.746. The van der Waals surface area contributed by atoms with Gasteiger partial charge in [0, 0.05) is 22.5 Å². The second kappa shape index (κ2) is 5.96. The highest BCUT2D eigenvalue weighted by atomic mass is 32.2. The SMILES string of the molecule is C=C(C)[C@@H]1CC(=O)[C@H](C)[C@@H](Sc2ccc(C)cc2)C1. The molecule has 0 amide bonds. The Balaban J connectivity index is 2.10. The summed E-state index contributed by atoms with van der Waals surface area (Å²) >= 11 is 1.84. The summed E-state index contributed by atoms with van der Waals surface area (Å²) in [5.41, 5.74) is 2.42. The van der Waals surface area contributed by atoms with Crippen LogP contribution in [0.5, 0.6) is 0 Å². The van der Waals surface area contributed by atoms with Crippen LogP contribution in [-0.4, -0.2) is 11.0 Å². The Labute approximate surface area is 120 Å². The number of hydrogen-bond donors (Lipinski definition) is 0. The lowest BCUT2D eigenvalue weighted by atomic mass is 9.79. The second-order valence-corrected chi connectivity index (χ2v) is 7.02. The average Bonchev–Trinajstić information content (AvgIpc) is 2.37. The molecule has 0 heterocycles. The summed E-state index contributed by atoms with van der Waals surface area (Å²) in [6.45, 7) is 10.2. The monoisotopic (exact) mass is 274 g/mol. The van der Waals surface area contributed by atoms with Crippen molar-refractivity contribution in [2.45, 2.75) is 43.8 Å². The lowest BCUT2D eigenvalue weighted by Gasteiger charge is -2.33. The van der Waals surface area contributed by atoms with Gasteiger partial charge in [-0.3, -0.25) is 4.79 Å². The number of aryl methyl sites for hydroxylation is 1. The molecule has 0 unspecified atom stereocenters. The van der Waals surface area contributed by atoms with Gasteiger partial charge in [0.2, 0.25) is 0 Å². The van der Waals surface area contributed by atoms with Crippen LogP contribution in [0.3, 0.4) is 0 Å². The number of ketones is 1. The van der Waals surface area contributed by atoms with E-state index in [9.17, 15) is 4.79 Å². The summed E-state index contributed by atoms with van der Waals surface area (Å²) in [5.74, 6) is 0.914. The van der Waals surface area contributed by atoms with E-state index in [2.05, 4.69) is 44.7 Å². The van der Waals surface area contributed by atoms with Gasteiger partial charge in [-0.2, -0.15) is 0 Å². The third-order valence-electron chi connectivity index (χ3n) is 4.04. The maximum absolute atomic E-state index is 12.1. The Bertz CT molecular complexity index is 475. The smallest absolute Gasteiger partial charge is 0.137 e. The van der Waals surface area contributed by atoms with Crippen molar-refractivity contribution in [2.24, 2.45) is 11.8 Å². The van der Waals surface area contributed by atoms with E-state index < -0.39 is 0 Å². The molecule has 0 saturated heterocycles. The van der Waals surface area contributed by atoms with Gasteiger partial charge in [-0.25, -0.2) is 0 Å². The maximum atomic E-state index is 12.1. The van der Waals surface area contributed by atoms with Crippen LogP contribution in [0.1, 0.15) is 32.3 Å². The topological polar surface area (TPSA) is 17.1 Å². The molecular formula is C17H22OS. The first-order chi connectivity index (χ1) is 8.97. The van der Waals surface area contributed by atoms with Crippen LogP contribution in [0, 0.1) is 18.8 Å². The zero-order chi connectivity index (χ0) is 14.0. The number of hydrogen-bond acceptors (Lipinski definition) is 2. The molecule has 0 spiro atoms. The van der Waals surface area contributed by atoms with Crippen LogP contribution in [0.4, 0.5) is 0 Å². The van der Waals surface area contributed by atoms with E-state index in [0.29, 0.717) is 23.4 Å². The van der Waals surface area contributed by atoms with Crippen LogP contribution in [0.2, 0.25) is 0 Å². The van der Waals surface area contributed by atoms with Crippen LogP contribution in [0.25, 0.3) is 0 Å². The van der Waals surface area contributed by atoms with E-state index in [1.54, 1.807) is 0 Å². The van der Waals surface area contributed by atoms with Gasteiger partial charge in [0.15, 0.2) is 0 Å². The third-order valence-corrected chi connectivity index (χ3v) is 5.48. The predicted molar refractivity (Wildman–Crippen MR) is 82.5 cm³/mol. The van der Waals surface area contributed by atoms with E-state index in [-0.39, 0.29) is 5.92 Å². The van der Waals surface area contributed by atoms with Crippen molar-refractivity contribution in [1.82, 2.24) is 0 Å². The highest BCUT2D eigenvalue weighted by Crippen LogP contribution is 2.40. The zero-order valence-corrected chi connectivity index (χ0v) is 12.8. The summed E-state index contributed by atoms with van der Waals surface area (Å²) in [5, 5.41) is 0.380. The molecule has 1 aromatic carbocycles. The molecular weight excluding hydrogens is 252 g/mol. The third kappa shape index (κ3) is 3.50. The number of carbonyl (C=O) groups excluding carboxylic acids is 1. The van der Waals surface area contributed by atoms with Gasteiger partial charge in [0.1, 0.15) is 5.78 Å². The van der Waals surface area contributed by atoms with Crippen molar-refractivity contribution in [3.8, 4) is 0 Å². The molecule has 0 aromatic heterocycles. The van der Waals surface area contributed by atoms with Crippen molar-refractivity contribution >= 4 is 17.5 Å². The van der Waals surface area contributed by atoms with Crippen molar-refractivity contribution in [1.29, 1.82) is 0 Å². The molecule has 19 heavy (non-hydrogen) atoms. The maximum Gasteiger partial charge on any atom is 0.137 e. The molecule has 0 aliphatic heterocycles. The summed E-state index contributed by atoms with van der Waals surface area (Å²) < 4.78 is 0. The molecule has 1 nitrogen and oxygen atoms in total. The fourth-order valence-electron chi connectivity index (χ4n) is 2.52. The molecule has 0 radical (unpaired) electrons. The van der Waals surface area contributed by atoms with Crippen LogP contribution < -0.4 is 0 Å². The predicted octanol–water partition coefficient (Wildman–Crippen LogP) is 4.65. The van der Waals surface area contributed by atoms with Gasteiger partial charge in [-0.15, -0.1) is 11.8 Å². The molecule has 2 rings (SSSR count). The first kappa shape index (κ1) is 14.4. The number of carbonyl (C=O) groups is 1.